The fraction of sp³-hybridized carbons (Fsp3) is 0.0303. The summed E-state index contributed by atoms with van der Waals surface area (Å²) in [5.41, 5.74) is 0.523. The van der Waals surface area contributed by atoms with Gasteiger partial charge in [0.05, 0.1) is 38.8 Å². The van der Waals surface area contributed by atoms with Gasteiger partial charge < -0.3 is 31.3 Å². The van der Waals surface area contributed by atoms with Crippen molar-refractivity contribution in [2.45, 2.75) is 21.0 Å². The van der Waals surface area contributed by atoms with E-state index in [1.165, 1.54) is 48.5 Å². The number of nitrogens with one attached hydrogen (secondary N) is 3. The summed E-state index contributed by atoms with van der Waals surface area (Å²) in [6, 6.07) is 17.7. The average molecular weight is 868 g/mol. The van der Waals surface area contributed by atoms with Crippen molar-refractivity contribution in [2.24, 2.45) is 30.4 Å². The van der Waals surface area contributed by atoms with E-state index in [4.69, 9.17) is 0 Å². The number of benzene rings is 5. The Bertz CT molecular complexity index is 2980. The Kier molecular flexibility index (Phi) is 11.2. The molecule has 59 heavy (non-hydrogen) atoms. The van der Waals surface area contributed by atoms with Crippen LogP contribution in [-0.2, 0) is 30.4 Å². The molecule has 9 N–H and O–H groups in total. The van der Waals surface area contributed by atoms with Crippen molar-refractivity contribution < 1.29 is 63.8 Å². The van der Waals surface area contributed by atoms with Crippen LogP contribution in [0.4, 0.5) is 34.1 Å². The molecule has 1 atom stereocenters. The largest absolute Gasteiger partial charge is 0.480 e. The predicted octanol–water partition coefficient (Wildman–Crippen LogP) is 5.49. The van der Waals surface area contributed by atoms with E-state index in [9.17, 15) is 63.8 Å². The van der Waals surface area contributed by atoms with E-state index in [2.05, 4.69) is 46.4 Å². The zero-order valence-corrected chi connectivity index (χ0v) is 31.5. The van der Waals surface area contributed by atoms with E-state index < -0.39 is 80.1 Å². The normalized spacial score (nSPS) is 14.8. The van der Waals surface area contributed by atoms with Crippen molar-refractivity contribution in [3.63, 3.8) is 0 Å². The highest BCUT2D eigenvalue weighted by Gasteiger charge is 2.26. The summed E-state index contributed by atoms with van der Waals surface area (Å²) >= 11 is 0. The van der Waals surface area contributed by atoms with Gasteiger partial charge in [0.15, 0.2) is 0 Å². The van der Waals surface area contributed by atoms with Gasteiger partial charge in [-0.25, -0.2) is 14.6 Å². The predicted molar refractivity (Wildman–Crippen MR) is 207 cm³/mol. The van der Waals surface area contributed by atoms with Gasteiger partial charge in [0.2, 0.25) is 12.2 Å². The molecule has 0 aliphatic carbocycles. The van der Waals surface area contributed by atoms with Gasteiger partial charge in [-0.3, -0.25) is 13.7 Å². The molecule has 1 unspecified atom stereocenters. The molecular formula is C33H25N9O14S3. The Morgan fingerprint density at radius 1 is 0.593 bits per heavy atom. The minimum Gasteiger partial charge on any atom is -0.480 e. The van der Waals surface area contributed by atoms with Crippen molar-refractivity contribution in [1.82, 2.24) is 5.32 Å². The van der Waals surface area contributed by atoms with Gasteiger partial charge in [-0.2, -0.15) is 50.7 Å². The number of carboxylic acid groups (broad SMARTS) is 2. The minimum absolute atomic E-state index is 0.0101. The summed E-state index contributed by atoms with van der Waals surface area (Å²) in [6.45, 7) is 0. The number of aliphatic imine (C=N–C) groups is 2. The standard InChI is InChI=1S/C33H25N9O14S3/c43-29(44)16-9-17(30(45)46)11-22(10-16)41-39-20-5-1-18(2-6-20)34-31-36-32(38-33(47)37-31)35-19-3-7-21(8-4-19)40-42-23-12-25-26(27(13-23)58(51,52)53)14-24(57(48,49)50)15-28(25)59(54,55)56/h1-15,32,35H,(H,43,44)(H,45,46)(H,48,49,50)(H,51,52,53)(H,54,55,56)(H3,34,36,37,38,47)/b41-39+,42-40+. The number of aromatic carboxylic acids is 2. The van der Waals surface area contributed by atoms with Crippen molar-refractivity contribution in [3.8, 4) is 0 Å². The van der Waals surface area contributed by atoms with Crippen LogP contribution < -0.4 is 16.0 Å². The van der Waals surface area contributed by atoms with Crippen LogP contribution >= 0.6 is 0 Å². The van der Waals surface area contributed by atoms with Gasteiger partial charge in [-0.05, 0) is 91.0 Å². The van der Waals surface area contributed by atoms with Crippen molar-refractivity contribution >= 4 is 99.2 Å². The lowest BCUT2D eigenvalue weighted by Gasteiger charge is -2.21. The maximum absolute atomic E-state index is 12.2. The van der Waals surface area contributed by atoms with Crippen LogP contribution in [0.3, 0.4) is 0 Å². The number of amidine groups is 1. The lowest BCUT2D eigenvalue weighted by Crippen LogP contribution is -2.43. The van der Waals surface area contributed by atoms with Crippen LogP contribution in [0.1, 0.15) is 20.7 Å². The van der Waals surface area contributed by atoms with E-state index in [0.29, 0.717) is 29.2 Å². The maximum Gasteiger partial charge on any atom is 0.335 e. The Balaban J connectivity index is 1.15. The van der Waals surface area contributed by atoms with E-state index in [0.717, 1.165) is 18.2 Å². The van der Waals surface area contributed by atoms with Gasteiger partial charge in [0.1, 0.15) is 9.79 Å². The smallest absolute Gasteiger partial charge is 0.335 e. The number of anilines is 2. The highest BCUT2D eigenvalue weighted by Crippen LogP contribution is 2.36. The summed E-state index contributed by atoms with van der Waals surface area (Å²) in [7, 11) is -15.5. The third-order valence-electron chi connectivity index (χ3n) is 7.80. The maximum atomic E-state index is 12.2. The number of hydrogen-bond donors (Lipinski definition) is 9. The topological polar surface area (TPSA) is 368 Å². The molecule has 0 saturated carbocycles. The molecule has 1 aliphatic heterocycles. The minimum atomic E-state index is -5.22. The Labute approximate surface area is 331 Å². The zero-order chi connectivity index (χ0) is 42.9. The van der Waals surface area contributed by atoms with Gasteiger partial charge in [-0.15, -0.1) is 0 Å². The molecule has 6 rings (SSSR count). The van der Waals surface area contributed by atoms with Crippen molar-refractivity contribution in [3.05, 3.63) is 102 Å². The summed E-state index contributed by atoms with van der Waals surface area (Å²) < 4.78 is 101. The van der Waals surface area contributed by atoms with Crippen LogP contribution in [0.15, 0.2) is 136 Å². The van der Waals surface area contributed by atoms with Crippen LogP contribution in [0, 0.1) is 0 Å². The molecule has 0 spiro atoms. The number of aliphatic hydroxyl groups is 1. The third kappa shape index (κ3) is 10.2. The van der Waals surface area contributed by atoms with Crippen LogP contribution in [-0.4, -0.2) is 84.4 Å². The Morgan fingerprint density at radius 3 is 1.58 bits per heavy atom. The fourth-order valence-electron chi connectivity index (χ4n) is 5.23. The number of guanidine groups is 1. The lowest BCUT2D eigenvalue weighted by atomic mass is 10.1. The van der Waals surface area contributed by atoms with Gasteiger partial charge >= 0.3 is 11.9 Å². The number of fused-ring (bicyclic) bond motifs is 1. The van der Waals surface area contributed by atoms with E-state index >= 15 is 0 Å². The summed E-state index contributed by atoms with van der Waals surface area (Å²) in [6.07, 6.45) is -0.956. The molecule has 0 fully saturated rings. The highest BCUT2D eigenvalue weighted by atomic mass is 32.2. The molecule has 1 heterocycles. The molecule has 5 aromatic carbocycles. The molecule has 0 bridgehead atoms. The summed E-state index contributed by atoms with van der Waals surface area (Å²) in [4.78, 5) is 27.8. The van der Waals surface area contributed by atoms with Crippen LogP contribution in [0.25, 0.3) is 10.8 Å². The molecular weight excluding hydrogens is 843 g/mol. The second-order valence-electron chi connectivity index (χ2n) is 12.0. The molecule has 304 valence electrons. The fourth-order valence-corrected chi connectivity index (χ4v) is 7.27. The van der Waals surface area contributed by atoms with E-state index in [-0.39, 0.29) is 34.1 Å². The number of hydrogen-bond acceptors (Lipinski definition) is 17. The van der Waals surface area contributed by atoms with Crippen LogP contribution in [0.2, 0.25) is 0 Å². The second-order valence-corrected chi connectivity index (χ2v) is 16.2. The first-order valence-electron chi connectivity index (χ1n) is 16.0. The Morgan fingerprint density at radius 2 is 1.07 bits per heavy atom. The first-order valence-corrected chi connectivity index (χ1v) is 20.3. The molecule has 0 amide bonds. The van der Waals surface area contributed by atoms with Crippen molar-refractivity contribution in [1.29, 1.82) is 0 Å². The molecule has 0 radical (unpaired) electrons. The van der Waals surface area contributed by atoms with Gasteiger partial charge in [-0.1, -0.05) is 0 Å². The van der Waals surface area contributed by atoms with E-state index in [1.807, 2.05) is 0 Å². The SMILES string of the molecule is O=C(O)c1cc(/N=N/c2ccc(NC3=NC(Nc4ccc(/N=N/c5cc(S(=O)(=O)O)c6cc(S(=O)(=O)O)cc(S(=O)(=O)O)c6c5)cc4)NC(O)=N3)cc2)cc(C(=O)O)c1. The summed E-state index contributed by atoms with van der Waals surface area (Å²) in [5.74, 6) is -2.68. The zero-order valence-electron chi connectivity index (χ0n) is 29.1. The first-order chi connectivity index (χ1) is 27.6. The molecule has 26 heteroatoms. The van der Waals surface area contributed by atoms with Crippen LogP contribution in [0.5, 0.6) is 0 Å². The molecule has 0 aromatic heterocycles. The van der Waals surface area contributed by atoms with Crippen molar-refractivity contribution in [2.75, 3.05) is 10.6 Å². The second kappa shape index (κ2) is 16.0. The monoisotopic (exact) mass is 867 g/mol. The first kappa shape index (κ1) is 41.4. The highest BCUT2D eigenvalue weighted by molar-refractivity contribution is 7.87. The number of azo groups is 2. The summed E-state index contributed by atoms with van der Waals surface area (Å²) in [5, 5.41) is 51.8. The van der Waals surface area contributed by atoms with E-state index in [1.54, 1.807) is 12.1 Å². The third-order valence-corrected chi connectivity index (χ3v) is 10.4. The molecule has 23 nitrogen and oxygen atoms in total. The number of carbonyl (C=O) groups is 2. The van der Waals surface area contributed by atoms with Gasteiger partial charge in [0, 0.05) is 22.1 Å². The number of aliphatic hydroxyl groups excluding tert-OH is 1. The molecule has 5 aromatic rings. The molecule has 0 saturated heterocycles. The van der Waals surface area contributed by atoms with Gasteiger partial charge in [0.25, 0.3) is 36.4 Å². The number of rotatable bonds is 12. The molecule has 1 aliphatic rings. The quantitative estimate of drug-likeness (QED) is 0.0553. The number of carboxylic acids is 2. The lowest BCUT2D eigenvalue weighted by molar-refractivity contribution is 0.0696. The number of nitrogens with zero attached hydrogens (tertiary/aromatic N) is 6. The average Bonchev–Trinajstić information content (AvgIpc) is 3.15. The Hall–Kier alpha value is -7.23.